The molecule has 136 valence electrons. The number of methoxy groups -OCH3 is 1. The van der Waals surface area contributed by atoms with E-state index >= 15 is 0 Å². The standard InChI is InChI=1S/C21H34O3/c1-19-8-4-9-20(2,18(22)23)16(19)7-10-21-11-14(5-6-17(19)21)15(12-21)13-24-3/h14-17H,4-13H2,1-3H3,(H,22,23)/t14-,15-,16+,17-,19-,20-,21+/m1/s1. The van der Waals surface area contributed by atoms with Crippen LogP contribution in [0.15, 0.2) is 0 Å². The molecule has 3 heteroatoms. The van der Waals surface area contributed by atoms with Crippen LogP contribution < -0.4 is 0 Å². The molecule has 4 aliphatic rings. The van der Waals surface area contributed by atoms with Crippen LogP contribution in [0.4, 0.5) is 0 Å². The van der Waals surface area contributed by atoms with Gasteiger partial charge in [0.2, 0.25) is 0 Å². The third-order valence-corrected chi connectivity index (χ3v) is 9.14. The minimum Gasteiger partial charge on any atom is -0.481 e. The lowest BCUT2D eigenvalue weighted by atomic mass is 9.41. The van der Waals surface area contributed by atoms with Gasteiger partial charge in [0.15, 0.2) is 0 Å². The summed E-state index contributed by atoms with van der Waals surface area (Å²) in [4.78, 5) is 12.1. The van der Waals surface area contributed by atoms with Gasteiger partial charge in [0.1, 0.15) is 0 Å². The van der Waals surface area contributed by atoms with Crippen LogP contribution in [0, 0.1) is 39.9 Å². The summed E-state index contributed by atoms with van der Waals surface area (Å²) in [6, 6.07) is 0. The molecule has 7 atom stereocenters. The molecule has 4 rings (SSSR count). The molecule has 4 aliphatic carbocycles. The molecule has 0 unspecified atom stereocenters. The maximum absolute atomic E-state index is 12.1. The summed E-state index contributed by atoms with van der Waals surface area (Å²) >= 11 is 0. The van der Waals surface area contributed by atoms with E-state index in [0.29, 0.717) is 11.3 Å². The highest BCUT2D eigenvalue weighted by Gasteiger charge is 2.65. The van der Waals surface area contributed by atoms with E-state index in [4.69, 9.17) is 4.74 Å². The molecule has 1 spiro atoms. The summed E-state index contributed by atoms with van der Waals surface area (Å²) in [5.41, 5.74) is 0.223. The second kappa shape index (κ2) is 5.46. The lowest BCUT2D eigenvalue weighted by Gasteiger charge is -2.63. The summed E-state index contributed by atoms with van der Waals surface area (Å²) in [6.45, 7) is 5.43. The monoisotopic (exact) mass is 334 g/mol. The molecule has 0 aliphatic heterocycles. The Hall–Kier alpha value is -0.570. The van der Waals surface area contributed by atoms with Gasteiger partial charge >= 0.3 is 5.97 Å². The van der Waals surface area contributed by atoms with Gasteiger partial charge in [0, 0.05) is 13.7 Å². The van der Waals surface area contributed by atoms with Crippen molar-refractivity contribution in [1.82, 2.24) is 0 Å². The number of rotatable bonds is 3. The van der Waals surface area contributed by atoms with Gasteiger partial charge in [-0.2, -0.15) is 0 Å². The molecular formula is C21H34O3. The number of hydrogen-bond donors (Lipinski definition) is 1. The van der Waals surface area contributed by atoms with Gasteiger partial charge in [-0.05, 0) is 92.8 Å². The quantitative estimate of drug-likeness (QED) is 0.810. The van der Waals surface area contributed by atoms with E-state index in [9.17, 15) is 9.90 Å². The van der Waals surface area contributed by atoms with Gasteiger partial charge in [0.05, 0.1) is 5.41 Å². The largest absolute Gasteiger partial charge is 0.481 e. The first-order chi connectivity index (χ1) is 11.4. The van der Waals surface area contributed by atoms with Crippen LogP contribution in [-0.2, 0) is 9.53 Å². The van der Waals surface area contributed by atoms with Crippen LogP contribution in [0.2, 0.25) is 0 Å². The molecule has 4 saturated carbocycles. The average Bonchev–Trinajstić information content (AvgIpc) is 2.78. The smallest absolute Gasteiger partial charge is 0.309 e. The number of ether oxygens (including phenoxy) is 1. The molecule has 0 heterocycles. The number of fused-ring (bicyclic) bond motifs is 3. The van der Waals surface area contributed by atoms with Crippen LogP contribution in [0.1, 0.15) is 71.6 Å². The molecule has 0 saturated heterocycles. The molecule has 0 aromatic heterocycles. The number of hydrogen-bond acceptors (Lipinski definition) is 2. The molecule has 0 radical (unpaired) electrons. The Kier molecular flexibility index (Phi) is 3.84. The molecule has 0 amide bonds. The maximum Gasteiger partial charge on any atom is 0.309 e. The van der Waals surface area contributed by atoms with Gasteiger partial charge in [-0.25, -0.2) is 0 Å². The minimum absolute atomic E-state index is 0.233. The van der Waals surface area contributed by atoms with Gasteiger partial charge < -0.3 is 9.84 Å². The fourth-order valence-corrected chi connectivity index (χ4v) is 8.25. The van der Waals surface area contributed by atoms with Crippen molar-refractivity contribution in [2.24, 2.45) is 39.9 Å². The predicted molar refractivity (Wildman–Crippen MR) is 93.7 cm³/mol. The van der Waals surface area contributed by atoms with Crippen molar-refractivity contribution in [2.45, 2.75) is 71.6 Å². The first-order valence-electron chi connectivity index (χ1n) is 10.1. The molecule has 0 aromatic rings. The average molecular weight is 335 g/mol. The van der Waals surface area contributed by atoms with Crippen LogP contribution in [0.3, 0.4) is 0 Å². The zero-order valence-electron chi connectivity index (χ0n) is 15.6. The van der Waals surface area contributed by atoms with Crippen LogP contribution in [0.5, 0.6) is 0 Å². The highest BCUT2D eigenvalue weighted by Crippen LogP contribution is 2.72. The van der Waals surface area contributed by atoms with Gasteiger partial charge in [-0.15, -0.1) is 0 Å². The van der Waals surface area contributed by atoms with Crippen molar-refractivity contribution in [3.63, 3.8) is 0 Å². The van der Waals surface area contributed by atoms with E-state index in [2.05, 4.69) is 6.92 Å². The van der Waals surface area contributed by atoms with E-state index < -0.39 is 11.4 Å². The van der Waals surface area contributed by atoms with Crippen LogP contribution >= 0.6 is 0 Å². The van der Waals surface area contributed by atoms with E-state index in [1.54, 1.807) is 0 Å². The van der Waals surface area contributed by atoms with Crippen molar-refractivity contribution in [3.8, 4) is 0 Å². The molecule has 4 fully saturated rings. The number of carboxylic acids is 1. The predicted octanol–water partition coefficient (Wildman–Crippen LogP) is 4.75. The first-order valence-corrected chi connectivity index (χ1v) is 10.1. The van der Waals surface area contributed by atoms with Gasteiger partial charge in [0.25, 0.3) is 0 Å². The third kappa shape index (κ3) is 2.09. The Morgan fingerprint density at radius 1 is 1.08 bits per heavy atom. The highest BCUT2D eigenvalue weighted by molar-refractivity contribution is 5.75. The molecule has 0 aromatic carbocycles. The molecule has 24 heavy (non-hydrogen) atoms. The number of carboxylic acid groups (broad SMARTS) is 1. The van der Waals surface area contributed by atoms with E-state index in [1.807, 2.05) is 14.0 Å². The zero-order valence-corrected chi connectivity index (χ0v) is 15.6. The van der Waals surface area contributed by atoms with Crippen molar-refractivity contribution >= 4 is 5.97 Å². The van der Waals surface area contributed by atoms with Crippen molar-refractivity contribution in [2.75, 3.05) is 13.7 Å². The number of carbonyl (C=O) groups is 1. The summed E-state index contributed by atoms with van der Waals surface area (Å²) in [7, 11) is 1.84. The summed E-state index contributed by atoms with van der Waals surface area (Å²) in [5.74, 6) is 2.16. The van der Waals surface area contributed by atoms with Crippen molar-refractivity contribution in [1.29, 1.82) is 0 Å². The molecule has 2 bridgehead atoms. The SMILES string of the molecule is COC[C@H]1C[C@@]23CC[C@H]4[C@@](C)(CCC[C@@]4(C)C(=O)O)[C@H]2CC[C@@H]1C3. The normalized spacial score (nSPS) is 53.3. The van der Waals surface area contributed by atoms with E-state index in [0.717, 1.165) is 43.6 Å². The second-order valence-corrected chi connectivity index (χ2v) is 10.0. The third-order valence-electron chi connectivity index (χ3n) is 9.14. The Bertz CT molecular complexity index is 531. The topological polar surface area (TPSA) is 46.5 Å². The second-order valence-electron chi connectivity index (χ2n) is 10.0. The summed E-state index contributed by atoms with van der Waals surface area (Å²) < 4.78 is 5.53. The van der Waals surface area contributed by atoms with E-state index in [-0.39, 0.29) is 5.41 Å². The van der Waals surface area contributed by atoms with Gasteiger partial charge in [-0.3, -0.25) is 4.79 Å². The van der Waals surface area contributed by atoms with Crippen molar-refractivity contribution in [3.05, 3.63) is 0 Å². The Labute approximate surface area is 146 Å². The fraction of sp³-hybridized carbons (Fsp3) is 0.952. The van der Waals surface area contributed by atoms with Crippen LogP contribution in [0.25, 0.3) is 0 Å². The van der Waals surface area contributed by atoms with E-state index in [1.165, 1.54) is 38.5 Å². The lowest BCUT2D eigenvalue weighted by molar-refractivity contribution is -0.181. The lowest BCUT2D eigenvalue weighted by Crippen LogP contribution is -2.58. The minimum atomic E-state index is -0.549. The Morgan fingerprint density at radius 3 is 2.58 bits per heavy atom. The van der Waals surface area contributed by atoms with Crippen molar-refractivity contribution < 1.29 is 14.6 Å². The molecule has 1 N–H and O–H groups in total. The Morgan fingerprint density at radius 2 is 1.88 bits per heavy atom. The Balaban J connectivity index is 1.67. The summed E-state index contributed by atoms with van der Waals surface area (Å²) in [6.07, 6.45) is 11.0. The molecular weight excluding hydrogens is 300 g/mol. The van der Waals surface area contributed by atoms with Crippen LogP contribution in [-0.4, -0.2) is 24.8 Å². The maximum atomic E-state index is 12.1. The fourth-order valence-electron chi connectivity index (χ4n) is 8.25. The zero-order chi connectivity index (χ0) is 17.2. The molecule has 3 nitrogen and oxygen atoms in total. The summed E-state index contributed by atoms with van der Waals surface area (Å²) in [5, 5.41) is 9.97. The first kappa shape index (κ1) is 16.9. The number of aliphatic carboxylic acids is 1. The van der Waals surface area contributed by atoms with Gasteiger partial charge in [-0.1, -0.05) is 13.3 Å². The highest BCUT2D eigenvalue weighted by atomic mass is 16.5.